The van der Waals surface area contributed by atoms with Gasteiger partial charge in [0.15, 0.2) is 6.61 Å². The van der Waals surface area contributed by atoms with Crippen LogP contribution in [0.1, 0.15) is 38.2 Å². The predicted molar refractivity (Wildman–Crippen MR) is 102 cm³/mol. The molecule has 0 saturated heterocycles. The van der Waals surface area contributed by atoms with Crippen molar-refractivity contribution in [3.8, 4) is 0 Å². The van der Waals surface area contributed by atoms with E-state index in [1.807, 2.05) is 4.72 Å². The van der Waals surface area contributed by atoms with Crippen LogP contribution in [0.25, 0.3) is 0 Å². The van der Waals surface area contributed by atoms with Crippen molar-refractivity contribution in [2.24, 2.45) is 5.92 Å². The summed E-state index contributed by atoms with van der Waals surface area (Å²) in [5.74, 6) is -0.791. The second-order valence-corrected chi connectivity index (χ2v) is 9.20. The number of rotatable bonds is 7. The first kappa shape index (κ1) is 24.1. The van der Waals surface area contributed by atoms with Gasteiger partial charge in [-0.3, -0.25) is 9.59 Å². The zero-order chi connectivity index (χ0) is 22.5. The molecule has 0 bridgehead atoms. The molecular formula is C19H25F3N2O5S. The lowest BCUT2D eigenvalue weighted by molar-refractivity contribution is -0.151. The Hall–Kier alpha value is -2.14. The Bertz CT molecular complexity index is 865. The van der Waals surface area contributed by atoms with Crippen molar-refractivity contribution in [3.05, 3.63) is 29.8 Å². The van der Waals surface area contributed by atoms with Crippen molar-refractivity contribution in [2.45, 2.75) is 49.7 Å². The van der Waals surface area contributed by atoms with E-state index in [9.17, 15) is 31.2 Å². The summed E-state index contributed by atoms with van der Waals surface area (Å²) in [5, 5.41) is 0. The minimum Gasteiger partial charge on any atom is -0.455 e. The summed E-state index contributed by atoms with van der Waals surface area (Å²) in [6, 6.07) is 3.22. The molecule has 7 nitrogen and oxygen atoms in total. The minimum absolute atomic E-state index is 0.0758. The molecule has 168 valence electrons. The third-order valence-corrected chi connectivity index (χ3v) is 6.56. The third kappa shape index (κ3) is 6.69. The van der Waals surface area contributed by atoms with Crippen LogP contribution in [0.15, 0.2) is 29.2 Å². The average Bonchev–Trinajstić information content (AvgIpc) is 2.70. The van der Waals surface area contributed by atoms with Gasteiger partial charge in [0, 0.05) is 13.1 Å². The Morgan fingerprint density at radius 1 is 1.20 bits per heavy atom. The van der Waals surface area contributed by atoms with E-state index < -0.39 is 51.7 Å². The molecule has 1 fully saturated rings. The van der Waals surface area contributed by atoms with Gasteiger partial charge in [0.2, 0.25) is 10.0 Å². The molecule has 0 atom stereocenters. The molecule has 1 N–H and O–H groups in total. The van der Waals surface area contributed by atoms with Gasteiger partial charge in [-0.05, 0) is 49.8 Å². The van der Waals surface area contributed by atoms with Gasteiger partial charge in [0.05, 0.1) is 10.5 Å². The summed E-state index contributed by atoms with van der Waals surface area (Å²) < 4.78 is 69.2. The van der Waals surface area contributed by atoms with Gasteiger partial charge in [-0.15, -0.1) is 0 Å². The summed E-state index contributed by atoms with van der Waals surface area (Å²) in [7, 11) is -2.73. The molecule has 1 aromatic rings. The lowest BCUT2D eigenvalue weighted by Crippen LogP contribution is -2.42. The molecule has 1 saturated carbocycles. The van der Waals surface area contributed by atoms with E-state index in [1.165, 1.54) is 4.90 Å². The number of hydrogen-bond acceptors (Lipinski definition) is 5. The summed E-state index contributed by atoms with van der Waals surface area (Å²) in [6.45, 7) is 0.809. The molecule has 0 aromatic heterocycles. The molecule has 30 heavy (non-hydrogen) atoms. The Kier molecular flexibility index (Phi) is 7.87. The fourth-order valence-electron chi connectivity index (χ4n) is 3.21. The number of sulfonamides is 1. The van der Waals surface area contributed by atoms with Crippen molar-refractivity contribution < 1.29 is 35.9 Å². The Morgan fingerprint density at radius 2 is 1.83 bits per heavy atom. The molecule has 0 heterocycles. The number of carbonyl (C=O) groups is 2. The van der Waals surface area contributed by atoms with Crippen LogP contribution in [0.2, 0.25) is 0 Å². The maximum atomic E-state index is 12.7. The van der Waals surface area contributed by atoms with Crippen LogP contribution in [0.3, 0.4) is 0 Å². The van der Waals surface area contributed by atoms with Crippen LogP contribution in [-0.4, -0.2) is 51.4 Å². The molecule has 1 aliphatic carbocycles. The largest absolute Gasteiger partial charge is 0.455 e. The van der Waals surface area contributed by atoms with E-state index in [1.54, 1.807) is 7.05 Å². The Labute approximate surface area is 173 Å². The number of benzene rings is 1. The highest BCUT2D eigenvalue weighted by molar-refractivity contribution is 7.89. The first-order valence-electron chi connectivity index (χ1n) is 9.48. The highest BCUT2D eigenvalue weighted by Crippen LogP contribution is 2.30. The monoisotopic (exact) mass is 450 g/mol. The maximum Gasteiger partial charge on any atom is 0.416 e. The van der Waals surface area contributed by atoms with Crippen LogP contribution in [0.4, 0.5) is 13.2 Å². The lowest BCUT2D eigenvalue weighted by atomic mass is 9.87. The smallest absolute Gasteiger partial charge is 0.416 e. The number of nitrogens with zero attached hydrogens (tertiary/aromatic N) is 1. The van der Waals surface area contributed by atoms with E-state index in [0.29, 0.717) is 12.0 Å². The van der Waals surface area contributed by atoms with Crippen LogP contribution in [0.5, 0.6) is 0 Å². The van der Waals surface area contributed by atoms with Gasteiger partial charge in [-0.1, -0.05) is 13.0 Å². The molecule has 1 amide bonds. The highest BCUT2D eigenvalue weighted by Gasteiger charge is 2.32. The highest BCUT2D eigenvalue weighted by atomic mass is 32.2. The summed E-state index contributed by atoms with van der Waals surface area (Å²) in [4.78, 5) is 24.9. The second kappa shape index (κ2) is 9.78. The van der Waals surface area contributed by atoms with Crippen molar-refractivity contribution in [2.75, 3.05) is 20.2 Å². The van der Waals surface area contributed by atoms with Crippen LogP contribution in [-0.2, 0) is 30.5 Å². The van der Waals surface area contributed by atoms with Crippen molar-refractivity contribution in [1.82, 2.24) is 9.62 Å². The zero-order valence-corrected chi connectivity index (χ0v) is 17.6. The van der Waals surface area contributed by atoms with E-state index in [-0.39, 0.29) is 6.04 Å². The number of ether oxygens (including phenoxy) is 1. The van der Waals surface area contributed by atoms with Gasteiger partial charge in [0.1, 0.15) is 6.54 Å². The summed E-state index contributed by atoms with van der Waals surface area (Å²) >= 11 is 0. The molecule has 1 aromatic carbocycles. The number of halogens is 3. The topological polar surface area (TPSA) is 92.8 Å². The zero-order valence-electron chi connectivity index (χ0n) is 16.7. The van der Waals surface area contributed by atoms with Gasteiger partial charge in [-0.25, -0.2) is 8.42 Å². The number of alkyl halides is 3. The van der Waals surface area contributed by atoms with Gasteiger partial charge in [0.25, 0.3) is 5.91 Å². The maximum absolute atomic E-state index is 12.7. The number of hydrogen-bond donors (Lipinski definition) is 1. The summed E-state index contributed by atoms with van der Waals surface area (Å²) in [5.41, 5.74) is -1.13. The van der Waals surface area contributed by atoms with Crippen molar-refractivity contribution in [1.29, 1.82) is 0 Å². The number of likely N-dealkylation sites (N-methyl/N-ethyl adjacent to an activating group) is 1. The molecule has 0 unspecified atom stereocenters. The van der Waals surface area contributed by atoms with Crippen molar-refractivity contribution in [3.63, 3.8) is 0 Å². The molecular weight excluding hydrogens is 425 g/mol. The molecule has 0 radical (unpaired) electrons. The Balaban J connectivity index is 1.84. The van der Waals surface area contributed by atoms with Gasteiger partial charge < -0.3 is 9.64 Å². The van der Waals surface area contributed by atoms with Crippen LogP contribution in [0, 0.1) is 5.92 Å². The molecule has 11 heteroatoms. The van der Waals surface area contributed by atoms with Gasteiger partial charge in [-0.2, -0.15) is 17.9 Å². The van der Waals surface area contributed by atoms with Crippen LogP contribution >= 0.6 is 0 Å². The molecule has 0 spiro atoms. The number of carbonyl (C=O) groups excluding carboxylic acids is 2. The van der Waals surface area contributed by atoms with Crippen LogP contribution < -0.4 is 4.72 Å². The fraction of sp³-hybridized carbons (Fsp3) is 0.579. The number of esters is 1. The normalized spacial score (nSPS) is 19.9. The SMILES string of the molecule is CC1CCC(N(C)C(=O)COC(=O)CNS(=O)(=O)c2cccc(C(F)(F)F)c2)CC1. The molecule has 0 aliphatic heterocycles. The van der Waals surface area contributed by atoms with Crippen molar-refractivity contribution >= 4 is 21.9 Å². The second-order valence-electron chi connectivity index (χ2n) is 7.43. The lowest BCUT2D eigenvalue weighted by Gasteiger charge is -2.33. The molecule has 2 rings (SSSR count). The minimum atomic E-state index is -4.70. The number of amides is 1. The fourth-order valence-corrected chi connectivity index (χ4v) is 4.22. The predicted octanol–water partition coefficient (Wildman–Crippen LogP) is 2.56. The van der Waals surface area contributed by atoms with E-state index in [4.69, 9.17) is 4.74 Å². The first-order valence-corrected chi connectivity index (χ1v) is 11.0. The standard InChI is InChI=1S/C19H25F3N2O5S/c1-13-6-8-15(9-7-13)24(2)17(25)12-29-18(26)11-23-30(27,28)16-5-3-4-14(10-16)19(20,21)22/h3-5,10,13,15,23H,6-9,11-12H2,1-2H3. The number of nitrogens with one attached hydrogen (secondary N) is 1. The van der Waals surface area contributed by atoms with Gasteiger partial charge >= 0.3 is 12.1 Å². The quantitative estimate of drug-likeness (QED) is 0.645. The first-order chi connectivity index (χ1) is 13.9. The van der Waals surface area contributed by atoms with E-state index in [0.717, 1.165) is 43.9 Å². The van der Waals surface area contributed by atoms with E-state index >= 15 is 0 Å². The molecule has 1 aliphatic rings. The third-order valence-electron chi connectivity index (χ3n) is 5.16. The van der Waals surface area contributed by atoms with E-state index in [2.05, 4.69) is 6.92 Å². The summed E-state index contributed by atoms with van der Waals surface area (Å²) in [6.07, 6.45) is -0.936. The Morgan fingerprint density at radius 3 is 2.43 bits per heavy atom. The average molecular weight is 450 g/mol.